The fraction of sp³-hybridized carbons (Fsp3) is 0.342. The molecule has 0 radical (unpaired) electrons. The Morgan fingerprint density at radius 1 is 0.915 bits per heavy atom. The monoisotopic (exact) mass is 632 g/mol. The number of hydrogen-bond donors (Lipinski definition) is 1. The fourth-order valence-electron chi connectivity index (χ4n) is 6.69. The van der Waals surface area contributed by atoms with Crippen molar-refractivity contribution in [3.63, 3.8) is 0 Å². The number of carbonyl (C=O) groups excluding carboxylic acids is 4. The number of rotatable bonds is 10. The molecule has 1 unspecified atom stereocenters. The number of Topliss-reactive ketones (excluding diaryl/α,β-unsaturated/α-hetero) is 1. The lowest BCUT2D eigenvalue weighted by Gasteiger charge is -2.41. The Bertz CT molecular complexity index is 1680. The van der Waals surface area contributed by atoms with E-state index in [-0.39, 0.29) is 47.9 Å². The molecular weight excluding hydrogens is 592 g/mol. The van der Waals surface area contributed by atoms with E-state index in [2.05, 4.69) is 5.32 Å². The van der Waals surface area contributed by atoms with Crippen LogP contribution in [0, 0.1) is 5.92 Å². The second-order valence-corrected chi connectivity index (χ2v) is 12.9. The molecule has 1 N–H and O–H groups in total. The van der Waals surface area contributed by atoms with Gasteiger partial charge in [-0.2, -0.15) is 0 Å². The van der Waals surface area contributed by atoms with Crippen LogP contribution in [0.5, 0.6) is 0 Å². The molecule has 242 valence electrons. The van der Waals surface area contributed by atoms with Gasteiger partial charge in [0.05, 0.1) is 11.2 Å². The summed E-state index contributed by atoms with van der Waals surface area (Å²) in [4.78, 5) is 63.4. The molecule has 3 aromatic rings. The molecule has 9 heteroatoms. The van der Waals surface area contributed by atoms with E-state index in [0.717, 1.165) is 31.2 Å². The van der Waals surface area contributed by atoms with Crippen LogP contribution in [-0.4, -0.2) is 70.0 Å². The van der Waals surface area contributed by atoms with Crippen molar-refractivity contribution in [3.05, 3.63) is 114 Å². The lowest BCUT2D eigenvalue weighted by atomic mass is 9.96. The average molecular weight is 633 g/mol. The third kappa shape index (κ3) is 6.89. The third-order valence-corrected chi connectivity index (χ3v) is 9.12. The van der Waals surface area contributed by atoms with Gasteiger partial charge in [-0.1, -0.05) is 106 Å². The Hall–Kier alpha value is -5.05. The van der Waals surface area contributed by atoms with Crippen LogP contribution in [0.1, 0.15) is 61.0 Å². The molecule has 2 aliphatic heterocycles. The maximum Gasteiger partial charge on any atom is 0.258 e. The molecule has 3 aliphatic rings. The Morgan fingerprint density at radius 2 is 1.53 bits per heavy atom. The van der Waals surface area contributed by atoms with E-state index in [9.17, 15) is 19.2 Å². The largest absolute Gasteiger partial charge is 0.473 e. The molecule has 0 saturated heterocycles. The normalized spacial score (nSPS) is 19.3. The minimum Gasteiger partial charge on any atom is -0.473 e. The fourth-order valence-corrected chi connectivity index (χ4v) is 6.69. The summed E-state index contributed by atoms with van der Waals surface area (Å²) in [5.74, 6) is -1.76. The summed E-state index contributed by atoms with van der Waals surface area (Å²) in [5, 5.41) is 2.91. The van der Waals surface area contributed by atoms with E-state index in [1.807, 2.05) is 80.6 Å². The molecule has 0 bridgehead atoms. The minimum absolute atomic E-state index is 0.0574. The number of hydrogen-bond acceptors (Lipinski definition) is 6. The van der Waals surface area contributed by atoms with Gasteiger partial charge in [-0.05, 0) is 42.0 Å². The standard InChI is InChI=1S/C38H40N4O5/c1-26(2)33-37(46)41(31(28-16-8-4-9-17-28)23-42(33)36(45)29-18-10-5-11-19-29)24-32(43)39-30(22-27-14-6-3-7-15-27)34(44)35-40-38(25-47-35)20-12-13-21-38/h3-11,14-19,23,26,30,33H,12-13,20-22,24-25H2,1-2H3,(H,39,43)/t30-,33?/m0/s1. The van der Waals surface area contributed by atoms with E-state index in [1.54, 1.807) is 30.5 Å². The number of amides is 3. The number of aliphatic imine (C=N–C) groups is 1. The summed E-state index contributed by atoms with van der Waals surface area (Å²) < 4.78 is 5.84. The lowest BCUT2D eigenvalue weighted by molar-refractivity contribution is -0.138. The highest BCUT2D eigenvalue weighted by Crippen LogP contribution is 2.37. The molecule has 1 aliphatic carbocycles. The van der Waals surface area contributed by atoms with E-state index in [1.165, 1.54) is 9.80 Å². The quantitative estimate of drug-likeness (QED) is 0.337. The first-order valence-corrected chi connectivity index (χ1v) is 16.3. The van der Waals surface area contributed by atoms with Gasteiger partial charge in [-0.25, -0.2) is 4.99 Å². The van der Waals surface area contributed by atoms with Gasteiger partial charge in [0.2, 0.25) is 11.7 Å². The molecule has 3 aromatic carbocycles. The number of ketones is 1. The summed E-state index contributed by atoms with van der Waals surface area (Å²) >= 11 is 0. The van der Waals surface area contributed by atoms with Crippen LogP contribution in [0.4, 0.5) is 0 Å². The molecule has 1 spiro atoms. The maximum atomic E-state index is 14.3. The predicted molar refractivity (Wildman–Crippen MR) is 179 cm³/mol. The number of benzene rings is 3. The Balaban J connectivity index is 1.30. The van der Waals surface area contributed by atoms with Crippen molar-refractivity contribution < 1.29 is 23.9 Å². The van der Waals surface area contributed by atoms with Crippen LogP contribution in [0.3, 0.4) is 0 Å². The van der Waals surface area contributed by atoms with Gasteiger partial charge < -0.3 is 15.0 Å². The van der Waals surface area contributed by atoms with Crippen molar-refractivity contribution in [2.24, 2.45) is 10.9 Å². The van der Waals surface area contributed by atoms with E-state index >= 15 is 0 Å². The van der Waals surface area contributed by atoms with E-state index < -0.39 is 18.0 Å². The SMILES string of the molecule is CC(C)C1C(=O)N(CC(=O)N[C@@H](Cc2ccccc2)C(=O)C2=NC3(CCCC3)CO2)C(c2ccccc2)=CN1C(=O)c1ccccc1. The maximum absolute atomic E-state index is 14.3. The van der Waals surface area contributed by atoms with Crippen LogP contribution in [-0.2, 0) is 25.5 Å². The summed E-state index contributed by atoms with van der Waals surface area (Å²) in [6, 6.07) is 25.7. The molecule has 6 rings (SSSR count). The highest BCUT2D eigenvalue weighted by Gasteiger charge is 2.44. The number of carbonyl (C=O) groups is 4. The van der Waals surface area contributed by atoms with Crippen LogP contribution < -0.4 is 5.32 Å². The van der Waals surface area contributed by atoms with Crippen LogP contribution in [0.2, 0.25) is 0 Å². The summed E-state index contributed by atoms with van der Waals surface area (Å²) in [7, 11) is 0. The zero-order chi connectivity index (χ0) is 33.0. The van der Waals surface area contributed by atoms with Crippen molar-refractivity contribution in [2.75, 3.05) is 13.2 Å². The van der Waals surface area contributed by atoms with E-state index in [0.29, 0.717) is 23.4 Å². The van der Waals surface area contributed by atoms with E-state index in [4.69, 9.17) is 9.73 Å². The van der Waals surface area contributed by atoms with Gasteiger partial charge in [-0.3, -0.25) is 24.1 Å². The summed E-state index contributed by atoms with van der Waals surface area (Å²) in [6.07, 6.45) is 5.76. The van der Waals surface area contributed by atoms with Crippen molar-refractivity contribution >= 4 is 35.1 Å². The molecule has 1 saturated carbocycles. The number of ether oxygens (including phenoxy) is 1. The summed E-state index contributed by atoms with van der Waals surface area (Å²) in [6.45, 7) is 3.79. The average Bonchev–Trinajstić information content (AvgIpc) is 3.74. The zero-order valence-corrected chi connectivity index (χ0v) is 26.8. The Morgan fingerprint density at radius 3 is 2.17 bits per heavy atom. The highest BCUT2D eigenvalue weighted by atomic mass is 16.5. The molecular formula is C38H40N4O5. The first-order chi connectivity index (χ1) is 22.7. The first-order valence-electron chi connectivity index (χ1n) is 16.3. The van der Waals surface area contributed by atoms with Crippen molar-refractivity contribution in [2.45, 2.75) is 63.6 Å². The molecule has 0 aromatic heterocycles. The number of nitrogens with zero attached hydrogens (tertiary/aromatic N) is 3. The molecule has 9 nitrogen and oxygen atoms in total. The van der Waals surface area contributed by atoms with Crippen LogP contribution >= 0.6 is 0 Å². The highest BCUT2D eigenvalue weighted by molar-refractivity contribution is 6.39. The van der Waals surface area contributed by atoms with Gasteiger partial charge in [0.15, 0.2) is 0 Å². The van der Waals surface area contributed by atoms with Gasteiger partial charge in [0, 0.05) is 18.2 Å². The Kier molecular flexibility index (Phi) is 9.33. The van der Waals surface area contributed by atoms with Gasteiger partial charge in [0.25, 0.3) is 17.7 Å². The van der Waals surface area contributed by atoms with Gasteiger partial charge in [0.1, 0.15) is 25.2 Å². The Labute approximate surface area is 275 Å². The zero-order valence-electron chi connectivity index (χ0n) is 26.8. The van der Waals surface area contributed by atoms with Crippen molar-refractivity contribution in [1.82, 2.24) is 15.1 Å². The first kappa shape index (κ1) is 31.9. The van der Waals surface area contributed by atoms with Crippen LogP contribution in [0.25, 0.3) is 5.70 Å². The van der Waals surface area contributed by atoms with Crippen molar-refractivity contribution in [3.8, 4) is 0 Å². The predicted octanol–water partition coefficient (Wildman–Crippen LogP) is 5.03. The molecule has 1 fully saturated rings. The molecule has 47 heavy (non-hydrogen) atoms. The molecule has 3 amide bonds. The molecule has 2 heterocycles. The van der Waals surface area contributed by atoms with Gasteiger partial charge >= 0.3 is 0 Å². The second kappa shape index (κ2) is 13.7. The third-order valence-electron chi connectivity index (χ3n) is 9.12. The van der Waals surface area contributed by atoms with Crippen molar-refractivity contribution in [1.29, 1.82) is 0 Å². The second-order valence-electron chi connectivity index (χ2n) is 12.9. The topological polar surface area (TPSA) is 108 Å². The van der Waals surface area contributed by atoms with Gasteiger partial charge in [-0.15, -0.1) is 0 Å². The lowest BCUT2D eigenvalue weighted by Crippen LogP contribution is -2.57. The minimum atomic E-state index is -0.943. The molecule has 2 atom stereocenters. The number of nitrogens with one attached hydrogen (secondary N) is 1. The van der Waals surface area contributed by atoms with Crippen LogP contribution in [0.15, 0.2) is 102 Å². The smallest absolute Gasteiger partial charge is 0.258 e. The summed E-state index contributed by atoms with van der Waals surface area (Å²) in [5.41, 5.74) is 2.07.